The fraction of sp³-hybridized carbons (Fsp3) is 0.269. The number of halogens is 6. The normalized spacial score (nSPS) is 11.0. The fourth-order valence-corrected chi connectivity index (χ4v) is 3.76. The number of carbonyl (C=O) groups is 1. The minimum absolute atomic E-state index is 0. The predicted octanol–water partition coefficient (Wildman–Crippen LogP) is 6.07. The average Bonchev–Trinajstić information content (AvgIpc) is 3.23. The number of nitrogens with zero attached hydrogens (tertiary/aromatic N) is 3. The summed E-state index contributed by atoms with van der Waals surface area (Å²) in [5.74, 6) is 0.365. The second-order valence-corrected chi connectivity index (χ2v) is 9.51. The molecular weight excluding hydrogens is 608 g/mol. The van der Waals surface area contributed by atoms with Crippen LogP contribution in [0.5, 0.6) is 11.5 Å². The number of amides is 1. The van der Waals surface area contributed by atoms with Crippen molar-refractivity contribution in [1.29, 1.82) is 0 Å². The van der Waals surface area contributed by atoms with E-state index in [1.54, 1.807) is 18.2 Å². The molecule has 0 fully saturated rings. The molecule has 2 aromatic carbocycles. The zero-order chi connectivity index (χ0) is 28.8. The van der Waals surface area contributed by atoms with Gasteiger partial charge < -0.3 is 31.2 Å². The number of hydrogen-bond donors (Lipinski definition) is 4. The number of fused-ring (bicyclic) bond motifs is 1. The van der Waals surface area contributed by atoms with Crippen molar-refractivity contribution in [1.82, 2.24) is 14.5 Å². The zero-order valence-electron chi connectivity index (χ0n) is 22.0. The quantitative estimate of drug-likeness (QED) is 0.184. The van der Waals surface area contributed by atoms with E-state index in [2.05, 4.69) is 15.3 Å². The van der Waals surface area contributed by atoms with Crippen molar-refractivity contribution in [3.05, 3.63) is 71.6 Å². The summed E-state index contributed by atoms with van der Waals surface area (Å²) in [6.07, 6.45) is -1.10. The van der Waals surface area contributed by atoms with Crippen LogP contribution in [0.15, 0.2) is 61.1 Å². The Balaban J connectivity index is 0.000000740. The number of rotatable bonds is 8. The standard InChI is InChI=1S/C21H17ClF3N5O.C5H11NO2.2ClH/c22-16-11-14(29-20-19-17(27-12-28-20)6-8-30(19)9-7-26)4-5-18(16)31-15-3-1-2-13(10-15)21(23,24)25;1-5(2,8)3-4(6)7;;/h1-6,8,10-12H,7,9,26H2,(H,27,28,29);8H,3H2,1-2H3,(H2,6,7);2*1H. The van der Waals surface area contributed by atoms with Gasteiger partial charge in [0.25, 0.3) is 0 Å². The summed E-state index contributed by atoms with van der Waals surface area (Å²) in [5, 5.41) is 12.3. The molecule has 0 atom stereocenters. The van der Waals surface area contributed by atoms with Gasteiger partial charge in [-0.3, -0.25) is 4.79 Å². The summed E-state index contributed by atoms with van der Waals surface area (Å²) in [6.45, 7) is 4.15. The van der Waals surface area contributed by atoms with Gasteiger partial charge in [0.05, 0.1) is 28.1 Å². The monoisotopic (exact) mass is 636 g/mol. The van der Waals surface area contributed by atoms with Gasteiger partial charge in [-0.05, 0) is 56.3 Å². The second-order valence-electron chi connectivity index (χ2n) is 9.11. The number of anilines is 2. The molecule has 0 saturated heterocycles. The van der Waals surface area contributed by atoms with E-state index in [1.807, 2.05) is 16.8 Å². The summed E-state index contributed by atoms with van der Waals surface area (Å²) in [5.41, 5.74) is 10.9. The van der Waals surface area contributed by atoms with Crippen LogP contribution < -0.4 is 21.5 Å². The smallest absolute Gasteiger partial charge is 0.416 e. The molecule has 4 aromatic rings. The molecule has 15 heteroatoms. The van der Waals surface area contributed by atoms with Crippen LogP contribution in [-0.2, 0) is 17.5 Å². The highest BCUT2D eigenvalue weighted by Gasteiger charge is 2.30. The van der Waals surface area contributed by atoms with Crippen molar-refractivity contribution < 1.29 is 27.8 Å². The molecule has 0 radical (unpaired) electrons. The van der Waals surface area contributed by atoms with Gasteiger partial charge in [0.2, 0.25) is 5.91 Å². The van der Waals surface area contributed by atoms with E-state index in [9.17, 15) is 18.0 Å². The number of ether oxygens (including phenoxy) is 1. The van der Waals surface area contributed by atoms with Crippen LogP contribution in [0.3, 0.4) is 0 Å². The minimum atomic E-state index is -4.46. The molecular formula is C26H30Cl3F3N6O3. The summed E-state index contributed by atoms with van der Waals surface area (Å²) >= 11 is 6.31. The molecule has 0 saturated carbocycles. The van der Waals surface area contributed by atoms with Crippen LogP contribution >= 0.6 is 36.4 Å². The Bertz CT molecular complexity index is 1450. The third-order valence-electron chi connectivity index (χ3n) is 5.11. The maximum Gasteiger partial charge on any atom is 0.416 e. The highest BCUT2D eigenvalue weighted by molar-refractivity contribution is 6.32. The average molecular weight is 638 g/mol. The van der Waals surface area contributed by atoms with Crippen molar-refractivity contribution in [2.75, 3.05) is 11.9 Å². The Hall–Kier alpha value is -3.29. The van der Waals surface area contributed by atoms with Gasteiger partial charge in [0, 0.05) is 25.0 Å². The van der Waals surface area contributed by atoms with Crippen LogP contribution in [0, 0.1) is 0 Å². The lowest BCUT2D eigenvalue weighted by atomic mass is 10.1. The molecule has 41 heavy (non-hydrogen) atoms. The summed E-state index contributed by atoms with van der Waals surface area (Å²) in [4.78, 5) is 18.6. The summed E-state index contributed by atoms with van der Waals surface area (Å²) < 4.78 is 46.2. The number of hydrogen-bond acceptors (Lipinski definition) is 7. The highest BCUT2D eigenvalue weighted by atomic mass is 35.5. The van der Waals surface area contributed by atoms with Crippen LogP contribution in [-0.4, -0.2) is 37.7 Å². The van der Waals surface area contributed by atoms with Gasteiger partial charge >= 0.3 is 6.18 Å². The maximum atomic E-state index is 12.9. The van der Waals surface area contributed by atoms with Gasteiger partial charge in [-0.1, -0.05) is 17.7 Å². The van der Waals surface area contributed by atoms with Crippen LogP contribution in [0.2, 0.25) is 5.02 Å². The van der Waals surface area contributed by atoms with Crippen molar-refractivity contribution in [2.24, 2.45) is 11.5 Å². The molecule has 2 aromatic heterocycles. The zero-order valence-corrected chi connectivity index (χ0v) is 24.4. The Labute approximate surface area is 251 Å². The Morgan fingerprint density at radius 3 is 2.39 bits per heavy atom. The van der Waals surface area contributed by atoms with Crippen molar-refractivity contribution in [2.45, 2.75) is 38.6 Å². The van der Waals surface area contributed by atoms with E-state index >= 15 is 0 Å². The molecule has 6 N–H and O–H groups in total. The first-order chi connectivity index (χ1) is 18.3. The van der Waals surface area contributed by atoms with Gasteiger partial charge in [-0.2, -0.15) is 13.2 Å². The third-order valence-corrected chi connectivity index (χ3v) is 5.41. The maximum absolute atomic E-state index is 12.9. The molecule has 0 spiro atoms. The molecule has 4 rings (SSSR count). The lowest BCUT2D eigenvalue weighted by molar-refractivity contribution is -0.137. The Kier molecular flexibility index (Phi) is 13.1. The topological polar surface area (TPSA) is 141 Å². The van der Waals surface area contributed by atoms with Crippen molar-refractivity contribution in [3.8, 4) is 11.5 Å². The van der Waals surface area contributed by atoms with Crippen LogP contribution in [0.1, 0.15) is 25.8 Å². The summed E-state index contributed by atoms with van der Waals surface area (Å²) in [7, 11) is 0. The second kappa shape index (κ2) is 15.1. The molecule has 2 heterocycles. The van der Waals surface area contributed by atoms with Crippen LogP contribution in [0.25, 0.3) is 11.0 Å². The Morgan fingerprint density at radius 1 is 1.12 bits per heavy atom. The molecule has 0 aliphatic rings. The van der Waals surface area contributed by atoms with Gasteiger partial charge in [0.1, 0.15) is 23.3 Å². The van der Waals surface area contributed by atoms with Crippen LogP contribution in [0.4, 0.5) is 24.7 Å². The number of nitrogens with one attached hydrogen (secondary N) is 1. The van der Waals surface area contributed by atoms with Crippen molar-refractivity contribution in [3.63, 3.8) is 0 Å². The number of aromatic nitrogens is 3. The molecule has 224 valence electrons. The molecule has 1 amide bonds. The Morgan fingerprint density at radius 2 is 1.83 bits per heavy atom. The molecule has 0 aliphatic heterocycles. The lowest BCUT2D eigenvalue weighted by Crippen LogP contribution is -2.27. The third kappa shape index (κ3) is 10.6. The minimum Gasteiger partial charge on any atom is -0.456 e. The molecule has 0 aliphatic carbocycles. The first kappa shape index (κ1) is 35.7. The number of alkyl halides is 3. The largest absolute Gasteiger partial charge is 0.456 e. The number of benzene rings is 2. The first-order valence-electron chi connectivity index (χ1n) is 11.7. The van der Waals surface area contributed by atoms with E-state index in [1.165, 1.54) is 32.3 Å². The first-order valence-corrected chi connectivity index (χ1v) is 12.1. The number of aliphatic hydroxyl groups is 1. The van der Waals surface area contributed by atoms with E-state index in [4.69, 9.17) is 32.9 Å². The van der Waals surface area contributed by atoms with E-state index in [0.29, 0.717) is 24.6 Å². The van der Waals surface area contributed by atoms with E-state index in [-0.39, 0.29) is 47.8 Å². The number of primary amides is 1. The highest BCUT2D eigenvalue weighted by Crippen LogP contribution is 2.36. The fourth-order valence-electron chi connectivity index (χ4n) is 3.54. The van der Waals surface area contributed by atoms with E-state index < -0.39 is 23.2 Å². The predicted molar refractivity (Wildman–Crippen MR) is 157 cm³/mol. The van der Waals surface area contributed by atoms with Crippen molar-refractivity contribution >= 4 is 64.9 Å². The van der Waals surface area contributed by atoms with Gasteiger partial charge in [0.15, 0.2) is 5.82 Å². The van der Waals surface area contributed by atoms with Gasteiger partial charge in [-0.25, -0.2) is 9.97 Å². The number of carbonyl (C=O) groups excluding carboxylic acids is 1. The SMILES string of the molecule is CC(C)(O)CC(N)=O.Cl.Cl.NCCn1ccc2ncnc(Nc3ccc(Oc4cccc(C(F)(F)F)c4)c(Cl)c3)c21. The summed E-state index contributed by atoms with van der Waals surface area (Å²) in [6, 6.07) is 11.3. The molecule has 0 unspecified atom stereocenters. The molecule has 9 nitrogen and oxygen atoms in total. The van der Waals surface area contributed by atoms with Gasteiger partial charge in [-0.15, -0.1) is 24.8 Å². The van der Waals surface area contributed by atoms with E-state index in [0.717, 1.165) is 23.2 Å². The molecule has 0 bridgehead atoms. The number of nitrogens with two attached hydrogens (primary N) is 2. The lowest BCUT2D eigenvalue weighted by Gasteiger charge is -2.13.